The number of para-hydroxylation sites is 1. The monoisotopic (exact) mass is 336 g/mol. The molecule has 2 aromatic rings. The van der Waals surface area contributed by atoms with Crippen molar-refractivity contribution in [1.82, 2.24) is 0 Å². The van der Waals surface area contributed by atoms with E-state index in [0.29, 0.717) is 16.5 Å². The molecule has 0 saturated carbocycles. The molecule has 0 fully saturated rings. The Bertz CT molecular complexity index is 606. The predicted octanol–water partition coefficient (Wildman–Crippen LogP) is 3.51. The number of halogens is 1. The molecule has 0 aliphatic carbocycles. The zero-order valence-corrected chi connectivity index (χ0v) is 13.7. The Hall–Kier alpha value is -1.55. The second-order valence-corrected chi connectivity index (χ2v) is 4.97. The zero-order chi connectivity index (χ0) is 14.5. The topological polar surface area (TPSA) is 95.5 Å². The van der Waals surface area contributed by atoms with Crippen molar-refractivity contribution in [2.75, 3.05) is 0 Å². The molecule has 2 aromatic carbocycles. The summed E-state index contributed by atoms with van der Waals surface area (Å²) in [7, 11) is 0. The molecular formula is C15H14AlClO5. The van der Waals surface area contributed by atoms with Gasteiger partial charge in [0.1, 0.15) is 0 Å². The molecule has 1 unspecified atom stereocenters. The Morgan fingerprint density at radius 3 is 2.32 bits per heavy atom. The first-order valence-corrected chi connectivity index (χ1v) is 6.89. The molecule has 0 heterocycles. The van der Waals surface area contributed by atoms with Crippen LogP contribution in [-0.2, 0) is 8.58 Å². The van der Waals surface area contributed by atoms with Gasteiger partial charge in [0.15, 0.2) is 0 Å². The second-order valence-electron chi connectivity index (χ2n) is 4.29. The molecule has 0 aliphatic rings. The van der Waals surface area contributed by atoms with Crippen molar-refractivity contribution in [1.29, 1.82) is 0 Å². The molecule has 0 spiro atoms. The van der Waals surface area contributed by atoms with Crippen LogP contribution in [0.3, 0.4) is 0 Å². The third-order valence-corrected chi connectivity index (χ3v) is 3.29. The molecule has 2 rings (SSSR count). The summed E-state index contributed by atoms with van der Waals surface area (Å²) in [5.74, 6) is 0.538. The summed E-state index contributed by atoms with van der Waals surface area (Å²) in [5.41, 5.74) is 0.746. The molecule has 114 valence electrons. The van der Waals surface area contributed by atoms with Crippen LogP contribution in [0.2, 0.25) is 5.02 Å². The SMILES string of the molecule is CC(C(=O)[O][Al+2])c1cc(Cl)cc(Oc2ccccc2)c1.[OH-].[OH-]. The third-order valence-electron chi connectivity index (χ3n) is 2.84. The van der Waals surface area contributed by atoms with Crippen molar-refractivity contribution in [3.05, 3.63) is 59.1 Å². The van der Waals surface area contributed by atoms with Crippen LogP contribution in [-0.4, -0.2) is 33.5 Å². The van der Waals surface area contributed by atoms with Gasteiger partial charge in [0.2, 0.25) is 0 Å². The molecule has 0 aliphatic heterocycles. The zero-order valence-electron chi connectivity index (χ0n) is 11.8. The van der Waals surface area contributed by atoms with Crippen molar-refractivity contribution in [2.45, 2.75) is 12.8 Å². The fourth-order valence-corrected chi connectivity index (χ4v) is 2.19. The number of carbonyl (C=O) groups excluding carboxylic acids is 1. The minimum Gasteiger partial charge on any atom is -0.870 e. The molecule has 1 atom stereocenters. The van der Waals surface area contributed by atoms with Crippen LogP contribution in [0.4, 0.5) is 0 Å². The van der Waals surface area contributed by atoms with Crippen LogP contribution in [0.25, 0.3) is 0 Å². The summed E-state index contributed by atoms with van der Waals surface area (Å²) in [4.78, 5) is 11.6. The van der Waals surface area contributed by atoms with E-state index in [0.717, 1.165) is 5.56 Å². The summed E-state index contributed by atoms with van der Waals surface area (Å²) in [5, 5.41) is 0.511. The maximum absolute atomic E-state index is 11.6. The molecular weight excluding hydrogens is 323 g/mol. The molecule has 0 aromatic heterocycles. The van der Waals surface area contributed by atoms with Crippen molar-refractivity contribution in [3.8, 4) is 11.5 Å². The maximum atomic E-state index is 11.6. The summed E-state index contributed by atoms with van der Waals surface area (Å²) in [6.07, 6.45) is 0. The fraction of sp³-hybridized carbons (Fsp3) is 0.133. The van der Waals surface area contributed by atoms with Gasteiger partial charge in [0, 0.05) is 0 Å². The first kappa shape index (κ1) is 20.5. The Kier molecular flexibility index (Phi) is 8.80. The van der Waals surface area contributed by atoms with Crippen LogP contribution in [0, 0.1) is 0 Å². The Morgan fingerprint density at radius 1 is 1.09 bits per heavy atom. The molecule has 2 N–H and O–H groups in total. The largest absolute Gasteiger partial charge is 0.870 e. The number of hydrogen-bond acceptors (Lipinski definition) is 5. The summed E-state index contributed by atoms with van der Waals surface area (Å²) >= 11 is 8.03. The van der Waals surface area contributed by atoms with Gasteiger partial charge in [-0.05, 0) is 0 Å². The number of ether oxygens (including phenoxy) is 1. The second kappa shape index (κ2) is 9.47. The van der Waals surface area contributed by atoms with E-state index >= 15 is 0 Å². The van der Waals surface area contributed by atoms with Crippen molar-refractivity contribution in [3.63, 3.8) is 0 Å². The van der Waals surface area contributed by atoms with Crippen molar-refractivity contribution < 1.29 is 24.3 Å². The maximum Gasteiger partial charge on any atom is -0.870 e. The quantitative estimate of drug-likeness (QED) is 0.796. The minimum absolute atomic E-state index is 0. The predicted molar refractivity (Wildman–Crippen MR) is 82.1 cm³/mol. The molecule has 5 nitrogen and oxygen atoms in total. The normalized spacial score (nSPS) is 10.7. The summed E-state index contributed by atoms with van der Waals surface area (Å²) in [6, 6.07) is 14.6. The van der Waals surface area contributed by atoms with Gasteiger partial charge < -0.3 is 11.0 Å². The van der Waals surface area contributed by atoms with Gasteiger partial charge in [-0.1, -0.05) is 0 Å². The van der Waals surface area contributed by atoms with Crippen molar-refractivity contribution >= 4 is 34.2 Å². The van der Waals surface area contributed by atoms with Gasteiger partial charge in [0.25, 0.3) is 0 Å². The molecule has 0 saturated heterocycles. The number of rotatable bonds is 4. The Morgan fingerprint density at radius 2 is 1.73 bits per heavy atom. The van der Waals surface area contributed by atoms with Crippen LogP contribution in [0.15, 0.2) is 48.5 Å². The van der Waals surface area contributed by atoms with Crippen LogP contribution >= 0.6 is 11.6 Å². The van der Waals surface area contributed by atoms with Gasteiger partial charge in [-0.2, -0.15) is 0 Å². The van der Waals surface area contributed by atoms with Gasteiger partial charge in [0.05, 0.1) is 0 Å². The molecule has 0 amide bonds. The van der Waals surface area contributed by atoms with E-state index in [4.69, 9.17) is 16.3 Å². The van der Waals surface area contributed by atoms with Crippen molar-refractivity contribution in [2.24, 2.45) is 0 Å². The van der Waals surface area contributed by atoms with E-state index in [1.165, 1.54) is 0 Å². The molecule has 7 heteroatoms. The number of hydrogen-bond donors (Lipinski definition) is 0. The first-order chi connectivity index (χ1) is 9.60. The van der Waals surface area contributed by atoms with E-state index in [2.05, 4.69) is 3.79 Å². The number of benzene rings is 2. The average Bonchev–Trinajstić information content (AvgIpc) is 2.46. The van der Waals surface area contributed by atoms with Gasteiger partial charge in [-0.25, -0.2) is 0 Å². The molecule has 0 radical (unpaired) electrons. The summed E-state index contributed by atoms with van der Waals surface area (Å²) < 4.78 is 10.4. The Balaban J connectivity index is 0.00000220. The van der Waals surface area contributed by atoms with Crippen LogP contribution in [0.1, 0.15) is 18.4 Å². The fourth-order valence-electron chi connectivity index (χ4n) is 1.76. The van der Waals surface area contributed by atoms with E-state index in [-0.39, 0.29) is 16.9 Å². The Labute approximate surface area is 142 Å². The van der Waals surface area contributed by atoms with Gasteiger partial charge >= 0.3 is 131 Å². The molecule has 22 heavy (non-hydrogen) atoms. The van der Waals surface area contributed by atoms with E-state index < -0.39 is 5.92 Å². The number of carbonyl (C=O) groups is 1. The van der Waals surface area contributed by atoms with Crippen LogP contribution < -0.4 is 4.74 Å². The first-order valence-electron chi connectivity index (χ1n) is 6.04. The molecule has 0 bridgehead atoms. The van der Waals surface area contributed by atoms with E-state index in [9.17, 15) is 4.79 Å². The van der Waals surface area contributed by atoms with E-state index in [1.807, 2.05) is 47.0 Å². The van der Waals surface area contributed by atoms with Crippen LogP contribution in [0.5, 0.6) is 11.5 Å². The van der Waals surface area contributed by atoms with Gasteiger partial charge in [-0.15, -0.1) is 0 Å². The van der Waals surface area contributed by atoms with E-state index in [1.54, 1.807) is 25.1 Å². The average molecular weight is 337 g/mol. The summed E-state index contributed by atoms with van der Waals surface area (Å²) in [6.45, 7) is 1.75. The standard InChI is InChI=1S/C15H13ClO3.Al.2H2O/c1-10(15(17)18)11-7-12(16)9-14(8-11)19-13-5-3-2-4-6-13;;;/h2-10H,1H3,(H,17,18);;2*1H2/q;+3;;/p-3. The minimum atomic E-state index is -0.413. The third kappa shape index (κ3) is 5.34. The van der Waals surface area contributed by atoms with Gasteiger partial charge in [-0.3, -0.25) is 0 Å². The smallest absolute Gasteiger partial charge is 0.870 e.